The second kappa shape index (κ2) is 8.45. The van der Waals surface area contributed by atoms with E-state index in [0.717, 1.165) is 16.8 Å². The van der Waals surface area contributed by atoms with Gasteiger partial charge in [0.1, 0.15) is 5.82 Å². The fourth-order valence-corrected chi connectivity index (χ4v) is 2.81. The van der Waals surface area contributed by atoms with E-state index in [1.165, 1.54) is 11.6 Å². The van der Waals surface area contributed by atoms with Gasteiger partial charge in [0.05, 0.1) is 0 Å². The number of carbonyl (C=O) groups is 1. The van der Waals surface area contributed by atoms with Gasteiger partial charge in [-0.2, -0.15) is 0 Å². The van der Waals surface area contributed by atoms with E-state index in [1.54, 1.807) is 0 Å². The molecule has 0 spiro atoms. The van der Waals surface area contributed by atoms with E-state index >= 15 is 0 Å². The molecule has 0 fully saturated rings. The number of hydrogen-bond donors (Lipinski definition) is 2. The first-order valence-corrected chi connectivity index (χ1v) is 9.09. The van der Waals surface area contributed by atoms with Crippen molar-refractivity contribution in [1.82, 2.24) is 9.97 Å². The molecule has 3 rings (SSSR count). The fourth-order valence-electron chi connectivity index (χ4n) is 2.81. The molecule has 2 aromatic carbocycles. The number of aromatic amines is 1. The minimum Gasteiger partial charge on any atom is -0.326 e. The number of nitrogens with one attached hydrogen (secondary N) is 2. The summed E-state index contributed by atoms with van der Waals surface area (Å²) >= 11 is 0. The number of hydrogen-bond acceptors (Lipinski definition) is 3. The Bertz CT molecular complexity index is 991. The Morgan fingerprint density at radius 1 is 1.11 bits per heavy atom. The summed E-state index contributed by atoms with van der Waals surface area (Å²) in [5, 5.41) is 2.92. The third kappa shape index (κ3) is 5.14. The Morgan fingerprint density at radius 2 is 1.89 bits per heavy atom. The van der Waals surface area contributed by atoms with Crippen molar-refractivity contribution >= 4 is 11.6 Å². The van der Waals surface area contributed by atoms with Crippen molar-refractivity contribution in [1.29, 1.82) is 0 Å². The Balaban J connectivity index is 1.68. The van der Waals surface area contributed by atoms with E-state index in [9.17, 15) is 9.59 Å². The quantitative estimate of drug-likeness (QED) is 0.700. The summed E-state index contributed by atoms with van der Waals surface area (Å²) in [5.74, 6) is 0.464. The number of carbonyl (C=O) groups excluding carboxylic acids is 1. The highest BCUT2D eigenvalue weighted by Crippen LogP contribution is 2.19. The molecule has 27 heavy (non-hydrogen) atoms. The molecule has 0 aliphatic rings. The number of aromatic nitrogens is 2. The van der Waals surface area contributed by atoms with Crippen molar-refractivity contribution < 1.29 is 4.79 Å². The van der Waals surface area contributed by atoms with Gasteiger partial charge >= 0.3 is 0 Å². The van der Waals surface area contributed by atoms with Crippen LogP contribution in [0.2, 0.25) is 0 Å². The first kappa shape index (κ1) is 18.6. The molecule has 0 aliphatic carbocycles. The summed E-state index contributed by atoms with van der Waals surface area (Å²) < 4.78 is 0. The smallest absolute Gasteiger partial charge is 0.251 e. The summed E-state index contributed by atoms with van der Waals surface area (Å²) in [6, 6.07) is 17.0. The van der Waals surface area contributed by atoms with Gasteiger partial charge in [-0.3, -0.25) is 9.59 Å². The maximum Gasteiger partial charge on any atom is 0.251 e. The van der Waals surface area contributed by atoms with Gasteiger partial charge in [-0.1, -0.05) is 48.9 Å². The molecule has 5 nitrogen and oxygen atoms in total. The topological polar surface area (TPSA) is 74.8 Å². The second-order valence-corrected chi connectivity index (χ2v) is 6.55. The molecule has 0 bridgehead atoms. The van der Waals surface area contributed by atoms with Crippen LogP contribution in [0, 0.1) is 6.92 Å². The second-order valence-electron chi connectivity index (χ2n) is 6.55. The average molecular weight is 361 g/mol. The number of nitrogens with zero attached hydrogens (tertiary/aromatic N) is 1. The number of aryl methyl sites for hydroxylation is 3. The molecule has 0 saturated heterocycles. The number of anilines is 1. The van der Waals surface area contributed by atoms with Crippen molar-refractivity contribution in [3.63, 3.8) is 0 Å². The molecule has 3 aromatic rings. The third-order valence-electron chi connectivity index (χ3n) is 4.34. The lowest BCUT2D eigenvalue weighted by molar-refractivity contribution is -0.116. The van der Waals surface area contributed by atoms with E-state index in [4.69, 9.17) is 0 Å². The van der Waals surface area contributed by atoms with Crippen LogP contribution in [0.1, 0.15) is 30.2 Å². The number of H-pyrrole nitrogens is 1. The van der Waals surface area contributed by atoms with E-state index in [0.29, 0.717) is 30.8 Å². The van der Waals surface area contributed by atoms with Crippen LogP contribution in [0.4, 0.5) is 5.69 Å². The molecule has 0 saturated carbocycles. The lowest BCUT2D eigenvalue weighted by atomic mass is 10.1. The van der Waals surface area contributed by atoms with Gasteiger partial charge in [0, 0.05) is 29.4 Å². The number of amides is 1. The molecule has 138 valence electrons. The molecule has 1 aromatic heterocycles. The summed E-state index contributed by atoms with van der Waals surface area (Å²) in [7, 11) is 0. The van der Waals surface area contributed by atoms with Crippen LogP contribution in [0.25, 0.3) is 11.4 Å². The number of rotatable bonds is 6. The lowest BCUT2D eigenvalue weighted by Crippen LogP contribution is -2.13. The van der Waals surface area contributed by atoms with Gasteiger partial charge < -0.3 is 10.3 Å². The average Bonchev–Trinajstić information content (AvgIpc) is 2.67. The van der Waals surface area contributed by atoms with Crippen molar-refractivity contribution in [3.8, 4) is 11.4 Å². The molecule has 1 heterocycles. The third-order valence-corrected chi connectivity index (χ3v) is 4.34. The van der Waals surface area contributed by atoms with Crippen LogP contribution < -0.4 is 10.9 Å². The summed E-state index contributed by atoms with van der Waals surface area (Å²) in [5.41, 5.74) is 4.36. The van der Waals surface area contributed by atoms with Gasteiger partial charge in [0.25, 0.3) is 5.56 Å². The van der Waals surface area contributed by atoms with Crippen molar-refractivity contribution in [2.24, 2.45) is 0 Å². The molecule has 1 amide bonds. The zero-order valence-electron chi connectivity index (χ0n) is 15.6. The molecule has 0 unspecified atom stereocenters. The van der Waals surface area contributed by atoms with E-state index < -0.39 is 0 Å². The lowest BCUT2D eigenvalue weighted by Gasteiger charge is -2.08. The molecule has 2 N–H and O–H groups in total. The standard InChI is InChI=1S/C22H23N3O2/c1-3-18-14-21(27)25-22(24-18)17-5-4-6-19(13-17)23-20(26)12-11-16-9-7-15(2)8-10-16/h4-10,13-14H,3,11-12H2,1-2H3,(H,23,26)(H,24,25,27). The Labute approximate surface area is 158 Å². The minimum absolute atomic E-state index is 0.0449. The van der Waals surface area contributed by atoms with Crippen molar-refractivity contribution in [3.05, 3.63) is 81.8 Å². The highest BCUT2D eigenvalue weighted by Gasteiger charge is 2.07. The van der Waals surface area contributed by atoms with Crippen LogP contribution >= 0.6 is 0 Å². The summed E-state index contributed by atoms with van der Waals surface area (Å²) in [6.07, 6.45) is 1.79. The Morgan fingerprint density at radius 3 is 2.63 bits per heavy atom. The minimum atomic E-state index is -0.176. The molecule has 0 radical (unpaired) electrons. The Kier molecular flexibility index (Phi) is 5.81. The van der Waals surface area contributed by atoms with Gasteiger partial charge in [-0.05, 0) is 37.5 Å². The molecular weight excluding hydrogens is 338 g/mol. The summed E-state index contributed by atoms with van der Waals surface area (Å²) in [4.78, 5) is 31.3. The van der Waals surface area contributed by atoms with Crippen molar-refractivity contribution in [2.45, 2.75) is 33.1 Å². The molecule has 0 atom stereocenters. The summed E-state index contributed by atoms with van der Waals surface area (Å²) in [6.45, 7) is 4.00. The van der Waals surface area contributed by atoms with Gasteiger partial charge in [0.2, 0.25) is 5.91 Å². The van der Waals surface area contributed by atoms with Crippen LogP contribution in [0.3, 0.4) is 0 Å². The predicted molar refractivity (Wildman–Crippen MR) is 108 cm³/mol. The monoisotopic (exact) mass is 361 g/mol. The first-order valence-electron chi connectivity index (χ1n) is 9.09. The van der Waals surface area contributed by atoms with Crippen LogP contribution in [0.15, 0.2) is 59.4 Å². The maximum absolute atomic E-state index is 12.3. The largest absolute Gasteiger partial charge is 0.326 e. The zero-order valence-corrected chi connectivity index (χ0v) is 15.6. The molecule has 0 aliphatic heterocycles. The van der Waals surface area contributed by atoms with E-state index in [-0.39, 0.29) is 11.5 Å². The highest BCUT2D eigenvalue weighted by atomic mass is 16.1. The van der Waals surface area contributed by atoms with Crippen LogP contribution in [0.5, 0.6) is 0 Å². The van der Waals surface area contributed by atoms with Crippen LogP contribution in [-0.2, 0) is 17.6 Å². The van der Waals surface area contributed by atoms with E-state index in [2.05, 4.69) is 27.4 Å². The molecule has 5 heteroatoms. The fraction of sp³-hybridized carbons (Fsp3) is 0.227. The SMILES string of the molecule is CCc1cc(=O)[nH]c(-c2cccc(NC(=O)CCc3ccc(C)cc3)c2)n1. The van der Waals surface area contributed by atoms with E-state index in [1.807, 2.05) is 50.2 Å². The predicted octanol–water partition coefficient (Wildman–Crippen LogP) is 3.88. The van der Waals surface area contributed by atoms with Gasteiger partial charge in [-0.25, -0.2) is 4.98 Å². The zero-order chi connectivity index (χ0) is 19.2. The maximum atomic E-state index is 12.3. The van der Waals surface area contributed by atoms with Crippen LogP contribution in [-0.4, -0.2) is 15.9 Å². The molecular formula is C22H23N3O2. The number of benzene rings is 2. The normalized spacial score (nSPS) is 10.6. The van der Waals surface area contributed by atoms with Crippen molar-refractivity contribution in [2.75, 3.05) is 5.32 Å². The van der Waals surface area contributed by atoms with Gasteiger partial charge in [-0.15, -0.1) is 0 Å². The highest BCUT2D eigenvalue weighted by molar-refractivity contribution is 5.91. The first-order chi connectivity index (χ1) is 13.0. The Hall–Kier alpha value is -3.21. The van der Waals surface area contributed by atoms with Gasteiger partial charge in [0.15, 0.2) is 0 Å².